The quantitative estimate of drug-likeness (QED) is 0.879. The molecule has 0 amide bonds. The number of aromatic nitrogens is 1. The maximum atomic E-state index is 9.44. The maximum Gasteiger partial charge on any atom is 0.181 e. The summed E-state index contributed by atoms with van der Waals surface area (Å²) in [5, 5.41) is 9.44. The van der Waals surface area contributed by atoms with Crippen molar-refractivity contribution in [2.45, 2.75) is 6.54 Å². The summed E-state index contributed by atoms with van der Waals surface area (Å²) in [6.45, 7) is 3.12. The summed E-state index contributed by atoms with van der Waals surface area (Å²) in [6, 6.07) is 6.04. The molecule has 1 saturated heterocycles. The lowest BCUT2D eigenvalue weighted by Gasteiger charge is -2.42. The molecule has 0 aliphatic carbocycles. The molecule has 5 heteroatoms. The highest BCUT2D eigenvalue weighted by Crippen LogP contribution is 2.28. The Morgan fingerprint density at radius 3 is 2.95 bits per heavy atom. The van der Waals surface area contributed by atoms with Crippen LogP contribution in [-0.4, -0.2) is 48.4 Å². The number of oxazole rings is 1. The van der Waals surface area contributed by atoms with Crippen molar-refractivity contribution < 1.29 is 14.3 Å². The molecule has 1 aliphatic heterocycles. The zero-order valence-corrected chi connectivity index (χ0v) is 11.0. The molecule has 5 nitrogen and oxygen atoms in total. The molecule has 102 valence electrons. The molecule has 0 spiro atoms. The fourth-order valence-electron chi connectivity index (χ4n) is 2.56. The average molecular weight is 262 g/mol. The molecule has 0 atom stereocenters. The first-order valence-corrected chi connectivity index (χ1v) is 6.40. The van der Waals surface area contributed by atoms with Crippen molar-refractivity contribution >= 4 is 11.1 Å². The third-order valence-corrected chi connectivity index (χ3v) is 3.61. The van der Waals surface area contributed by atoms with Crippen LogP contribution >= 0.6 is 0 Å². The van der Waals surface area contributed by atoms with E-state index in [1.165, 1.54) is 12.0 Å². The molecule has 3 rings (SSSR count). The van der Waals surface area contributed by atoms with Gasteiger partial charge < -0.3 is 19.2 Å². The Balaban J connectivity index is 1.66. The number of ether oxygens (including phenoxy) is 1. The highest BCUT2D eigenvalue weighted by Gasteiger charge is 2.38. The third kappa shape index (κ3) is 2.49. The highest BCUT2D eigenvalue weighted by molar-refractivity contribution is 5.72. The lowest BCUT2D eigenvalue weighted by molar-refractivity contribution is -0.147. The van der Waals surface area contributed by atoms with Crippen molar-refractivity contribution in [3.63, 3.8) is 0 Å². The van der Waals surface area contributed by atoms with Gasteiger partial charge in [-0.3, -0.25) is 0 Å². The van der Waals surface area contributed by atoms with Crippen molar-refractivity contribution in [3.8, 4) is 0 Å². The minimum atomic E-state index is -0.0783. The molecular formula is C14H18N2O3. The number of aliphatic hydroxyl groups is 1. The van der Waals surface area contributed by atoms with Crippen LogP contribution in [0.15, 0.2) is 29.0 Å². The van der Waals surface area contributed by atoms with Crippen LogP contribution in [0.1, 0.15) is 5.56 Å². The minimum absolute atomic E-state index is 0.0783. The molecule has 2 heterocycles. The zero-order chi connectivity index (χ0) is 13.3. The molecule has 0 unspecified atom stereocenters. The van der Waals surface area contributed by atoms with Gasteiger partial charge in [0.1, 0.15) is 5.52 Å². The fourth-order valence-corrected chi connectivity index (χ4v) is 2.56. The number of aliphatic hydroxyl groups excluding tert-OH is 1. The SMILES string of the molecule is CN(Cc1ccc2ncoc2c1)CC1(CO)COC1. The first kappa shape index (κ1) is 12.6. The number of hydrogen-bond acceptors (Lipinski definition) is 5. The Labute approximate surface area is 111 Å². The summed E-state index contributed by atoms with van der Waals surface area (Å²) in [5.41, 5.74) is 2.80. The van der Waals surface area contributed by atoms with Gasteiger partial charge in [0.15, 0.2) is 12.0 Å². The monoisotopic (exact) mass is 262 g/mol. The predicted molar refractivity (Wildman–Crippen MR) is 70.7 cm³/mol. The standard InChI is InChI=1S/C14H18N2O3/c1-16(6-14(7-17)8-18-9-14)5-11-2-3-12-13(4-11)19-10-15-12/h2-4,10,17H,5-9H2,1H3. The van der Waals surface area contributed by atoms with Crippen molar-refractivity contribution in [3.05, 3.63) is 30.2 Å². The minimum Gasteiger partial charge on any atom is -0.443 e. The molecule has 1 aromatic carbocycles. The van der Waals surface area contributed by atoms with Crippen LogP contribution < -0.4 is 0 Å². The van der Waals surface area contributed by atoms with Crippen molar-refractivity contribution in [2.24, 2.45) is 5.41 Å². The summed E-state index contributed by atoms with van der Waals surface area (Å²) in [6.07, 6.45) is 1.46. The van der Waals surface area contributed by atoms with E-state index in [0.29, 0.717) is 13.2 Å². The van der Waals surface area contributed by atoms with Gasteiger partial charge in [0.2, 0.25) is 0 Å². The van der Waals surface area contributed by atoms with E-state index < -0.39 is 0 Å². The number of hydrogen-bond donors (Lipinski definition) is 1. The summed E-state index contributed by atoms with van der Waals surface area (Å²) < 4.78 is 10.5. The van der Waals surface area contributed by atoms with E-state index in [4.69, 9.17) is 9.15 Å². The Morgan fingerprint density at radius 2 is 2.26 bits per heavy atom. The lowest BCUT2D eigenvalue weighted by Crippen LogP contribution is -2.52. The predicted octanol–water partition coefficient (Wildman–Crippen LogP) is 1.27. The fraction of sp³-hybridized carbons (Fsp3) is 0.500. The topological polar surface area (TPSA) is 58.7 Å². The summed E-state index contributed by atoms with van der Waals surface area (Å²) in [7, 11) is 2.06. The van der Waals surface area contributed by atoms with Gasteiger partial charge in [0.05, 0.1) is 25.2 Å². The second-order valence-electron chi connectivity index (χ2n) is 5.48. The van der Waals surface area contributed by atoms with Crippen LogP contribution in [0.3, 0.4) is 0 Å². The van der Waals surface area contributed by atoms with Gasteiger partial charge in [-0.15, -0.1) is 0 Å². The molecular weight excluding hydrogens is 244 g/mol. The summed E-state index contributed by atoms with van der Waals surface area (Å²) >= 11 is 0. The van der Waals surface area contributed by atoms with Crippen LogP contribution in [0.2, 0.25) is 0 Å². The van der Waals surface area contributed by atoms with E-state index in [1.54, 1.807) is 0 Å². The molecule has 1 aromatic heterocycles. The summed E-state index contributed by atoms with van der Waals surface area (Å²) in [4.78, 5) is 6.31. The van der Waals surface area contributed by atoms with Gasteiger partial charge >= 0.3 is 0 Å². The lowest BCUT2D eigenvalue weighted by atomic mass is 9.86. The van der Waals surface area contributed by atoms with Gasteiger partial charge in [-0.05, 0) is 24.7 Å². The Hall–Kier alpha value is -1.43. The smallest absolute Gasteiger partial charge is 0.181 e. The van der Waals surface area contributed by atoms with Crippen molar-refractivity contribution in [1.29, 1.82) is 0 Å². The molecule has 1 aliphatic rings. The average Bonchev–Trinajstić information content (AvgIpc) is 2.81. The Morgan fingerprint density at radius 1 is 1.42 bits per heavy atom. The molecule has 1 N–H and O–H groups in total. The molecule has 0 radical (unpaired) electrons. The van der Waals surface area contributed by atoms with E-state index in [9.17, 15) is 5.11 Å². The van der Waals surface area contributed by atoms with Gasteiger partial charge in [-0.25, -0.2) is 4.98 Å². The van der Waals surface area contributed by atoms with E-state index in [2.05, 4.69) is 23.0 Å². The molecule has 0 bridgehead atoms. The van der Waals surface area contributed by atoms with Crippen LogP contribution in [-0.2, 0) is 11.3 Å². The van der Waals surface area contributed by atoms with Gasteiger partial charge in [0, 0.05) is 13.1 Å². The van der Waals surface area contributed by atoms with E-state index >= 15 is 0 Å². The van der Waals surface area contributed by atoms with Crippen LogP contribution in [0, 0.1) is 5.41 Å². The van der Waals surface area contributed by atoms with E-state index in [1.807, 2.05) is 12.1 Å². The first-order chi connectivity index (χ1) is 9.21. The molecule has 2 aromatic rings. The molecule has 19 heavy (non-hydrogen) atoms. The number of nitrogens with zero attached hydrogens (tertiary/aromatic N) is 2. The number of benzene rings is 1. The Bertz CT molecular complexity index is 557. The van der Waals surface area contributed by atoms with Gasteiger partial charge in [-0.1, -0.05) is 6.07 Å². The number of rotatable bonds is 5. The van der Waals surface area contributed by atoms with Crippen LogP contribution in [0.4, 0.5) is 0 Å². The normalized spacial score (nSPS) is 17.8. The van der Waals surface area contributed by atoms with Gasteiger partial charge in [0.25, 0.3) is 0 Å². The number of fused-ring (bicyclic) bond motifs is 1. The van der Waals surface area contributed by atoms with Crippen LogP contribution in [0.5, 0.6) is 0 Å². The highest BCUT2D eigenvalue weighted by atomic mass is 16.5. The second-order valence-corrected chi connectivity index (χ2v) is 5.48. The van der Waals surface area contributed by atoms with Gasteiger partial charge in [-0.2, -0.15) is 0 Å². The Kier molecular flexibility index (Phi) is 3.26. The van der Waals surface area contributed by atoms with Crippen molar-refractivity contribution in [1.82, 2.24) is 9.88 Å². The van der Waals surface area contributed by atoms with Crippen molar-refractivity contribution in [2.75, 3.05) is 33.4 Å². The maximum absolute atomic E-state index is 9.44. The summed E-state index contributed by atoms with van der Waals surface area (Å²) in [5.74, 6) is 0. The van der Waals surface area contributed by atoms with E-state index in [0.717, 1.165) is 24.2 Å². The third-order valence-electron chi connectivity index (χ3n) is 3.61. The first-order valence-electron chi connectivity index (χ1n) is 6.40. The zero-order valence-electron chi connectivity index (χ0n) is 11.0. The molecule has 1 fully saturated rings. The second kappa shape index (κ2) is 4.92. The van der Waals surface area contributed by atoms with E-state index in [-0.39, 0.29) is 12.0 Å². The molecule has 0 saturated carbocycles. The largest absolute Gasteiger partial charge is 0.443 e. The van der Waals surface area contributed by atoms with Crippen LogP contribution in [0.25, 0.3) is 11.1 Å².